The molecule has 0 fully saturated rings. The Bertz CT molecular complexity index is 3140. The molecule has 0 spiro atoms. The van der Waals surface area contributed by atoms with Crippen molar-refractivity contribution in [2.24, 2.45) is 0 Å². The summed E-state index contributed by atoms with van der Waals surface area (Å²) in [6, 6.07) is 76.7. The van der Waals surface area contributed by atoms with Crippen LogP contribution in [0.15, 0.2) is 217 Å². The van der Waals surface area contributed by atoms with Crippen LogP contribution < -0.4 is 4.90 Å². The molecule has 0 atom stereocenters. The summed E-state index contributed by atoms with van der Waals surface area (Å²) in [5.74, 6) is 0. The predicted octanol–water partition coefficient (Wildman–Crippen LogP) is 16.0. The van der Waals surface area contributed by atoms with E-state index in [1.807, 2.05) is 0 Å². The predicted molar refractivity (Wildman–Crippen MR) is 248 cm³/mol. The van der Waals surface area contributed by atoms with Gasteiger partial charge in [-0.15, -0.1) is 0 Å². The van der Waals surface area contributed by atoms with Crippen molar-refractivity contribution in [2.45, 2.75) is 19.3 Å². The number of benzene rings is 9. The summed E-state index contributed by atoms with van der Waals surface area (Å²) in [6.07, 6.45) is 0. The van der Waals surface area contributed by atoms with Gasteiger partial charge < -0.3 is 9.32 Å². The fourth-order valence-electron chi connectivity index (χ4n) is 9.35. The fourth-order valence-corrected chi connectivity index (χ4v) is 9.35. The van der Waals surface area contributed by atoms with Gasteiger partial charge in [-0.05, 0) is 98.1 Å². The van der Waals surface area contributed by atoms with Crippen molar-refractivity contribution in [1.29, 1.82) is 0 Å². The number of hydrogen-bond acceptors (Lipinski definition) is 2. The molecule has 0 unspecified atom stereocenters. The Morgan fingerprint density at radius 3 is 1.58 bits per heavy atom. The van der Waals surface area contributed by atoms with Gasteiger partial charge in [0, 0.05) is 38.7 Å². The molecule has 0 saturated heterocycles. The monoisotopic (exact) mass is 755 g/mol. The van der Waals surface area contributed by atoms with Crippen LogP contribution >= 0.6 is 0 Å². The summed E-state index contributed by atoms with van der Waals surface area (Å²) >= 11 is 0. The SMILES string of the molecule is CC1(C)c2cc(N(c3ccc(-c4ccccc4)cc3)c3ccccc3-c3ccc(-c4ccccc4)cc3)ccc2-c2c1cc1oc3ccccc3c1c2-c1ccccc1. The summed E-state index contributed by atoms with van der Waals surface area (Å²) in [4.78, 5) is 2.44. The molecular formula is C57H41NO. The quantitative estimate of drug-likeness (QED) is 0.161. The lowest BCUT2D eigenvalue weighted by Gasteiger charge is -2.30. The van der Waals surface area contributed by atoms with Gasteiger partial charge in [0.05, 0.1) is 5.69 Å². The molecule has 2 heteroatoms. The number of anilines is 3. The van der Waals surface area contributed by atoms with Gasteiger partial charge in [0.1, 0.15) is 11.2 Å². The Labute approximate surface area is 345 Å². The summed E-state index contributed by atoms with van der Waals surface area (Å²) in [5.41, 5.74) is 19.6. The summed E-state index contributed by atoms with van der Waals surface area (Å²) in [5, 5.41) is 2.32. The molecule has 11 rings (SSSR count). The van der Waals surface area contributed by atoms with Crippen LogP contribution in [0.4, 0.5) is 17.1 Å². The minimum Gasteiger partial charge on any atom is -0.456 e. The number of furan rings is 1. The van der Waals surface area contributed by atoms with Crippen LogP contribution in [0.25, 0.3) is 77.6 Å². The van der Waals surface area contributed by atoms with Crippen LogP contribution in [-0.2, 0) is 5.41 Å². The van der Waals surface area contributed by atoms with Crippen molar-refractivity contribution < 1.29 is 4.42 Å². The zero-order valence-corrected chi connectivity index (χ0v) is 33.1. The lowest BCUT2D eigenvalue weighted by Crippen LogP contribution is -2.17. The maximum atomic E-state index is 6.63. The number of para-hydroxylation sites is 2. The number of nitrogens with zero attached hydrogens (tertiary/aromatic N) is 1. The highest BCUT2D eigenvalue weighted by atomic mass is 16.3. The molecule has 59 heavy (non-hydrogen) atoms. The second-order valence-electron chi connectivity index (χ2n) is 16.1. The third-order valence-electron chi connectivity index (χ3n) is 12.3. The molecule has 1 aliphatic carbocycles. The van der Waals surface area contributed by atoms with E-state index in [0.29, 0.717) is 0 Å². The van der Waals surface area contributed by atoms with E-state index in [2.05, 4.69) is 231 Å². The van der Waals surface area contributed by atoms with Gasteiger partial charge in [-0.3, -0.25) is 0 Å². The topological polar surface area (TPSA) is 16.4 Å². The first-order valence-corrected chi connectivity index (χ1v) is 20.4. The first kappa shape index (κ1) is 34.8. The van der Waals surface area contributed by atoms with E-state index in [9.17, 15) is 0 Å². The van der Waals surface area contributed by atoms with Gasteiger partial charge in [-0.25, -0.2) is 0 Å². The minimum absolute atomic E-state index is 0.299. The van der Waals surface area contributed by atoms with Crippen molar-refractivity contribution in [3.8, 4) is 55.6 Å². The molecule has 1 aliphatic rings. The average Bonchev–Trinajstić information content (AvgIpc) is 3.78. The highest BCUT2D eigenvalue weighted by Crippen LogP contribution is 2.57. The lowest BCUT2D eigenvalue weighted by molar-refractivity contribution is 0.647. The minimum atomic E-state index is -0.299. The molecule has 0 bridgehead atoms. The van der Waals surface area contributed by atoms with Gasteiger partial charge in [-0.2, -0.15) is 0 Å². The van der Waals surface area contributed by atoms with Crippen molar-refractivity contribution in [3.05, 3.63) is 223 Å². The Kier molecular flexibility index (Phi) is 8.20. The second-order valence-corrected chi connectivity index (χ2v) is 16.1. The average molecular weight is 756 g/mol. The molecule has 0 N–H and O–H groups in total. The molecule has 0 aliphatic heterocycles. The highest BCUT2D eigenvalue weighted by Gasteiger charge is 2.39. The Hall–Kier alpha value is -7.42. The summed E-state index contributed by atoms with van der Waals surface area (Å²) in [7, 11) is 0. The molecular weight excluding hydrogens is 715 g/mol. The number of hydrogen-bond donors (Lipinski definition) is 0. The van der Waals surface area contributed by atoms with Gasteiger partial charge >= 0.3 is 0 Å². The molecule has 0 saturated carbocycles. The van der Waals surface area contributed by atoms with E-state index in [-0.39, 0.29) is 5.41 Å². The third-order valence-corrected chi connectivity index (χ3v) is 12.3. The van der Waals surface area contributed by atoms with Crippen LogP contribution in [0, 0.1) is 0 Å². The number of rotatable bonds is 7. The van der Waals surface area contributed by atoms with Crippen molar-refractivity contribution in [3.63, 3.8) is 0 Å². The molecule has 280 valence electrons. The van der Waals surface area contributed by atoms with Gasteiger partial charge in [-0.1, -0.05) is 184 Å². The molecule has 9 aromatic carbocycles. The van der Waals surface area contributed by atoms with Crippen molar-refractivity contribution >= 4 is 39.0 Å². The van der Waals surface area contributed by atoms with Crippen molar-refractivity contribution in [2.75, 3.05) is 4.90 Å². The van der Waals surface area contributed by atoms with Gasteiger partial charge in [0.15, 0.2) is 0 Å². The molecule has 10 aromatic rings. The standard InChI is InChI=1S/C57H41NO/c1-57(2)49-36-45(34-35-47(49)55-50(57)37-53-56(48-23-13-15-25-52(48)59-53)54(55)43-20-10-5-11-21-43)58(44-32-30-41(31-33-44)39-18-8-4-9-19-39)51-24-14-12-22-46(51)42-28-26-40(27-29-42)38-16-6-3-7-17-38/h3-37H,1-2H3. The maximum Gasteiger partial charge on any atom is 0.136 e. The van der Waals surface area contributed by atoms with Gasteiger partial charge in [0.2, 0.25) is 0 Å². The zero-order chi connectivity index (χ0) is 39.5. The van der Waals surface area contributed by atoms with E-state index in [1.54, 1.807) is 0 Å². The normalized spacial score (nSPS) is 12.7. The third kappa shape index (κ3) is 5.79. The molecule has 1 aromatic heterocycles. The molecule has 2 nitrogen and oxygen atoms in total. The molecule has 1 heterocycles. The van der Waals surface area contributed by atoms with E-state index >= 15 is 0 Å². The van der Waals surface area contributed by atoms with Crippen LogP contribution in [0.2, 0.25) is 0 Å². The first-order chi connectivity index (χ1) is 29.0. The Balaban J connectivity index is 1.10. The van der Waals surface area contributed by atoms with E-state index in [0.717, 1.165) is 33.6 Å². The number of fused-ring (bicyclic) bond motifs is 6. The van der Waals surface area contributed by atoms with Crippen molar-refractivity contribution in [1.82, 2.24) is 0 Å². The van der Waals surface area contributed by atoms with Crippen LogP contribution in [-0.4, -0.2) is 0 Å². The molecule has 0 amide bonds. The Morgan fingerprint density at radius 2 is 0.898 bits per heavy atom. The first-order valence-electron chi connectivity index (χ1n) is 20.4. The van der Waals surface area contributed by atoms with Crippen LogP contribution in [0.5, 0.6) is 0 Å². The zero-order valence-electron chi connectivity index (χ0n) is 33.1. The smallest absolute Gasteiger partial charge is 0.136 e. The van der Waals surface area contributed by atoms with E-state index in [4.69, 9.17) is 4.42 Å². The second kappa shape index (κ2) is 13.9. The highest BCUT2D eigenvalue weighted by molar-refractivity contribution is 6.17. The fraction of sp³-hybridized carbons (Fsp3) is 0.0526. The van der Waals surface area contributed by atoms with Gasteiger partial charge in [0.25, 0.3) is 0 Å². The van der Waals surface area contributed by atoms with Crippen LogP contribution in [0.1, 0.15) is 25.0 Å². The van der Waals surface area contributed by atoms with E-state index < -0.39 is 0 Å². The Morgan fingerprint density at radius 1 is 0.373 bits per heavy atom. The summed E-state index contributed by atoms with van der Waals surface area (Å²) < 4.78 is 6.63. The lowest BCUT2D eigenvalue weighted by atomic mass is 9.81. The molecule has 0 radical (unpaired) electrons. The van der Waals surface area contributed by atoms with Crippen LogP contribution in [0.3, 0.4) is 0 Å². The van der Waals surface area contributed by atoms with E-state index in [1.165, 1.54) is 72.1 Å². The summed E-state index contributed by atoms with van der Waals surface area (Å²) in [6.45, 7) is 4.73. The maximum absolute atomic E-state index is 6.63. The largest absolute Gasteiger partial charge is 0.456 e.